The van der Waals surface area contributed by atoms with Crippen LogP contribution in [0, 0.1) is 0 Å². The molecule has 86 valence electrons. The summed E-state index contributed by atoms with van der Waals surface area (Å²) >= 11 is 0. The maximum absolute atomic E-state index is 5.57. The molecule has 0 radical (unpaired) electrons. The summed E-state index contributed by atoms with van der Waals surface area (Å²) < 4.78 is 11.1. The largest absolute Gasteiger partial charge is 0.398 e. The van der Waals surface area contributed by atoms with Crippen molar-refractivity contribution in [2.24, 2.45) is 5.73 Å². The van der Waals surface area contributed by atoms with Crippen LogP contribution in [0.25, 0.3) is 0 Å². The van der Waals surface area contributed by atoms with Crippen molar-refractivity contribution in [1.82, 2.24) is 5.32 Å². The predicted molar refractivity (Wildman–Crippen MR) is 61.6 cm³/mol. The molecule has 3 N–H and O–H groups in total. The summed E-state index contributed by atoms with van der Waals surface area (Å²) in [5, 5.41) is 3.13. The normalized spacial score (nSPS) is 12.0. The fourth-order valence-electron chi connectivity index (χ4n) is 1.47. The van der Waals surface area contributed by atoms with Crippen molar-refractivity contribution in [2.75, 3.05) is 34.4 Å². The molecule has 0 bridgehead atoms. The van der Waals surface area contributed by atoms with Crippen molar-refractivity contribution in [3.63, 3.8) is 0 Å². The van der Waals surface area contributed by atoms with Crippen LogP contribution in [-0.4, -0.2) is 42.9 Å². The van der Waals surface area contributed by atoms with Gasteiger partial charge in [-0.05, 0) is 32.6 Å². The molecule has 0 unspecified atom stereocenters. The average Bonchev–Trinajstić information content (AvgIpc) is 2.24. The van der Waals surface area contributed by atoms with Crippen molar-refractivity contribution in [1.29, 1.82) is 0 Å². The van der Waals surface area contributed by atoms with Gasteiger partial charge in [0.1, 0.15) is 0 Å². The van der Waals surface area contributed by atoms with E-state index in [9.17, 15) is 0 Å². The van der Waals surface area contributed by atoms with Crippen LogP contribution in [0.1, 0.15) is 12.8 Å². The Hall–Kier alpha value is 0.0569. The molecule has 0 atom stereocenters. The Morgan fingerprint density at radius 1 is 1.14 bits per heavy atom. The van der Waals surface area contributed by atoms with Crippen molar-refractivity contribution >= 4 is 8.56 Å². The molecule has 0 aromatic rings. The fraction of sp³-hybridized carbons (Fsp3) is 1.00. The van der Waals surface area contributed by atoms with E-state index in [4.69, 9.17) is 14.6 Å². The lowest BCUT2D eigenvalue weighted by Crippen LogP contribution is -2.42. The topological polar surface area (TPSA) is 56.5 Å². The van der Waals surface area contributed by atoms with E-state index in [2.05, 4.69) is 5.32 Å². The lowest BCUT2D eigenvalue weighted by atomic mass is 10.3. The maximum atomic E-state index is 5.57. The second-order valence-electron chi connectivity index (χ2n) is 3.42. The van der Waals surface area contributed by atoms with Gasteiger partial charge in [-0.2, -0.15) is 0 Å². The SMILES string of the molecule is CNCC[Si](CCCCN)(OC)OC. The molecule has 4 nitrogen and oxygen atoms in total. The summed E-state index contributed by atoms with van der Waals surface area (Å²) in [5.41, 5.74) is 5.46. The highest BCUT2D eigenvalue weighted by Crippen LogP contribution is 2.19. The molecule has 5 heteroatoms. The van der Waals surface area contributed by atoms with Gasteiger partial charge in [0, 0.05) is 20.3 Å². The van der Waals surface area contributed by atoms with Crippen LogP contribution in [0.4, 0.5) is 0 Å². The van der Waals surface area contributed by atoms with Gasteiger partial charge in [-0.25, -0.2) is 0 Å². The van der Waals surface area contributed by atoms with Gasteiger partial charge in [0.2, 0.25) is 0 Å². The van der Waals surface area contributed by atoms with Crippen molar-refractivity contribution in [2.45, 2.75) is 24.9 Å². The maximum Gasteiger partial charge on any atom is 0.338 e. The van der Waals surface area contributed by atoms with Crippen LogP contribution in [-0.2, 0) is 8.85 Å². The second kappa shape index (κ2) is 8.37. The van der Waals surface area contributed by atoms with Crippen LogP contribution < -0.4 is 11.1 Å². The van der Waals surface area contributed by atoms with Gasteiger partial charge in [-0.15, -0.1) is 0 Å². The number of nitrogens with two attached hydrogens (primary N) is 1. The van der Waals surface area contributed by atoms with Crippen LogP contribution in [0.5, 0.6) is 0 Å². The third-order valence-electron chi connectivity index (χ3n) is 2.51. The second-order valence-corrected chi connectivity index (χ2v) is 7.06. The summed E-state index contributed by atoms with van der Waals surface area (Å²) in [7, 11) is 3.54. The van der Waals surface area contributed by atoms with Gasteiger partial charge in [-0.1, -0.05) is 6.42 Å². The molecule has 0 aliphatic rings. The number of hydrogen-bond acceptors (Lipinski definition) is 4. The molecule has 14 heavy (non-hydrogen) atoms. The lowest BCUT2D eigenvalue weighted by molar-refractivity contribution is 0.240. The molecule has 0 saturated heterocycles. The highest BCUT2D eigenvalue weighted by atomic mass is 28.4. The monoisotopic (exact) mass is 220 g/mol. The first kappa shape index (κ1) is 14.1. The van der Waals surface area contributed by atoms with Gasteiger partial charge in [-0.3, -0.25) is 0 Å². The lowest BCUT2D eigenvalue weighted by Gasteiger charge is -2.27. The van der Waals surface area contributed by atoms with Crippen LogP contribution in [0.3, 0.4) is 0 Å². The van der Waals surface area contributed by atoms with E-state index in [1.54, 1.807) is 14.2 Å². The van der Waals surface area contributed by atoms with Crippen molar-refractivity contribution in [3.8, 4) is 0 Å². The molecule has 0 saturated carbocycles. The zero-order valence-electron chi connectivity index (χ0n) is 9.64. The highest BCUT2D eigenvalue weighted by Gasteiger charge is 2.33. The number of hydrogen-bond donors (Lipinski definition) is 2. The molecule has 0 heterocycles. The molecule has 0 aromatic carbocycles. The molecule has 0 aliphatic carbocycles. The Morgan fingerprint density at radius 2 is 1.79 bits per heavy atom. The Labute approximate surface area is 88.4 Å². The van der Waals surface area contributed by atoms with Crippen LogP contribution in [0.2, 0.25) is 12.1 Å². The Bertz CT molecular complexity index is 132. The van der Waals surface area contributed by atoms with Gasteiger partial charge >= 0.3 is 8.56 Å². The Balaban J connectivity index is 3.94. The summed E-state index contributed by atoms with van der Waals surface area (Å²) in [6.45, 7) is 1.71. The van der Waals surface area contributed by atoms with E-state index < -0.39 is 8.56 Å². The fourth-order valence-corrected chi connectivity index (χ4v) is 4.12. The highest BCUT2D eigenvalue weighted by molar-refractivity contribution is 6.67. The van der Waals surface area contributed by atoms with E-state index in [0.29, 0.717) is 0 Å². The zero-order valence-corrected chi connectivity index (χ0v) is 10.6. The smallest absolute Gasteiger partial charge is 0.338 e. The average molecular weight is 220 g/mol. The summed E-state index contributed by atoms with van der Waals surface area (Å²) in [5.74, 6) is 0. The van der Waals surface area contributed by atoms with E-state index >= 15 is 0 Å². The molecule has 0 rings (SSSR count). The molecule has 0 fully saturated rings. The van der Waals surface area contributed by atoms with E-state index in [1.807, 2.05) is 7.05 Å². The number of nitrogens with one attached hydrogen (secondary N) is 1. The minimum atomic E-state index is -1.92. The minimum absolute atomic E-state index is 0.754. The van der Waals surface area contributed by atoms with E-state index in [0.717, 1.165) is 38.0 Å². The zero-order chi connectivity index (χ0) is 10.9. The molecule has 0 spiro atoms. The first-order valence-corrected chi connectivity index (χ1v) is 7.42. The van der Waals surface area contributed by atoms with Crippen molar-refractivity contribution in [3.05, 3.63) is 0 Å². The molecule has 0 aliphatic heterocycles. The van der Waals surface area contributed by atoms with Crippen LogP contribution >= 0.6 is 0 Å². The first-order valence-electron chi connectivity index (χ1n) is 5.19. The van der Waals surface area contributed by atoms with Crippen molar-refractivity contribution < 1.29 is 8.85 Å². The number of rotatable bonds is 9. The van der Waals surface area contributed by atoms with Gasteiger partial charge in [0.05, 0.1) is 0 Å². The predicted octanol–water partition coefficient (Wildman–Crippen LogP) is 0.680. The first-order chi connectivity index (χ1) is 6.74. The van der Waals surface area contributed by atoms with Crippen LogP contribution in [0.15, 0.2) is 0 Å². The summed E-state index contributed by atoms with van der Waals surface area (Å²) in [6, 6.07) is 2.04. The molecular formula is C9H24N2O2Si. The van der Waals surface area contributed by atoms with E-state index in [1.165, 1.54) is 0 Å². The van der Waals surface area contributed by atoms with Gasteiger partial charge in [0.15, 0.2) is 0 Å². The van der Waals surface area contributed by atoms with Gasteiger partial charge < -0.3 is 19.9 Å². The molecule has 0 aromatic heterocycles. The third kappa shape index (κ3) is 5.07. The van der Waals surface area contributed by atoms with E-state index in [-0.39, 0.29) is 0 Å². The minimum Gasteiger partial charge on any atom is -0.398 e. The Morgan fingerprint density at radius 3 is 2.21 bits per heavy atom. The molecule has 0 amide bonds. The number of unbranched alkanes of at least 4 members (excludes halogenated alkanes) is 1. The van der Waals surface area contributed by atoms with Gasteiger partial charge in [0.25, 0.3) is 0 Å². The third-order valence-corrected chi connectivity index (χ3v) is 6.13. The summed E-state index contributed by atoms with van der Waals surface area (Å²) in [4.78, 5) is 0. The Kier molecular flexibility index (Phi) is 8.41. The molecular weight excluding hydrogens is 196 g/mol. The summed E-state index contributed by atoms with van der Waals surface area (Å²) in [6.07, 6.45) is 2.16. The quantitative estimate of drug-likeness (QED) is 0.443. The standard InChI is InChI=1S/C9H24N2O2Si/c1-11-7-9-14(12-2,13-3)8-5-4-6-10/h11H,4-10H2,1-3H3.